The van der Waals surface area contributed by atoms with Gasteiger partial charge in [0, 0.05) is 5.33 Å². The fourth-order valence-corrected chi connectivity index (χ4v) is 1.93. The highest BCUT2D eigenvalue weighted by molar-refractivity contribution is 9.09. The molecule has 0 aromatic heterocycles. The van der Waals surface area contributed by atoms with Crippen molar-refractivity contribution in [2.45, 2.75) is 26.2 Å². The molecule has 0 bridgehead atoms. The number of allylic oxidation sites excluding steroid dienone is 1. The average molecular weight is 189 g/mol. The summed E-state index contributed by atoms with van der Waals surface area (Å²) in [5, 5.41) is 1.16. The fraction of sp³-hybridized carbons (Fsp3) is 0.750. The first-order valence-corrected chi connectivity index (χ1v) is 4.51. The van der Waals surface area contributed by atoms with Crippen LogP contribution >= 0.6 is 15.9 Å². The molecule has 0 aliphatic heterocycles. The molecule has 0 heterocycles. The Labute approximate surface area is 65.5 Å². The van der Waals surface area contributed by atoms with E-state index in [1.807, 2.05) is 0 Å². The Kier molecular flexibility index (Phi) is 2.00. The average Bonchev–Trinajstić information content (AvgIpc) is 2.48. The van der Waals surface area contributed by atoms with Crippen molar-refractivity contribution in [2.75, 3.05) is 5.33 Å². The molecule has 0 radical (unpaired) electrons. The molecule has 1 heteroatoms. The van der Waals surface area contributed by atoms with E-state index in [0.717, 1.165) is 5.33 Å². The highest BCUT2D eigenvalue weighted by Crippen LogP contribution is 2.51. The van der Waals surface area contributed by atoms with E-state index in [1.165, 1.54) is 24.8 Å². The van der Waals surface area contributed by atoms with E-state index in [0.29, 0.717) is 5.41 Å². The molecule has 0 nitrogen and oxygen atoms in total. The van der Waals surface area contributed by atoms with Crippen molar-refractivity contribution in [2.24, 2.45) is 5.41 Å². The normalized spacial score (nSPS) is 21.6. The van der Waals surface area contributed by atoms with Crippen LogP contribution in [0.2, 0.25) is 0 Å². The van der Waals surface area contributed by atoms with Crippen LogP contribution in [-0.2, 0) is 0 Å². The third-order valence-corrected chi connectivity index (χ3v) is 3.11. The second-order valence-electron chi connectivity index (χ2n) is 3.27. The number of halogens is 1. The second-order valence-corrected chi connectivity index (χ2v) is 3.83. The standard InChI is InChI=1S/C8H13Br/c1-7(2)5-8(6-9)3-4-8/h1,3-6H2,2H3. The third kappa shape index (κ3) is 1.82. The van der Waals surface area contributed by atoms with Crippen LogP contribution < -0.4 is 0 Å². The van der Waals surface area contributed by atoms with Gasteiger partial charge in [0.2, 0.25) is 0 Å². The number of alkyl halides is 1. The summed E-state index contributed by atoms with van der Waals surface area (Å²) in [5.41, 5.74) is 1.96. The zero-order valence-electron chi connectivity index (χ0n) is 5.91. The van der Waals surface area contributed by atoms with Gasteiger partial charge in [0.1, 0.15) is 0 Å². The maximum atomic E-state index is 3.91. The molecule has 0 unspecified atom stereocenters. The van der Waals surface area contributed by atoms with Crippen LogP contribution in [0.5, 0.6) is 0 Å². The van der Waals surface area contributed by atoms with Crippen molar-refractivity contribution < 1.29 is 0 Å². The minimum absolute atomic E-state index is 0.631. The van der Waals surface area contributed by atoms with Crippen LogP contribution in [0.15, 0.2) is 12.2 Å². The van der Waals surface area contributed by atoms with Gasteiger partial charge in [-0.05, 0) is 31.6 Å². The zero-order chi connectivity index (χ0) is 6.91. The lowest BCUT2D eigenvalue weighted by Crippen LogP contribution is -2.00. The van der Waals surface area contributed by atoms with Gasteiger partial charge in [-0.25, -0.2) is 0 Å². The van der Waals surface area contributed by atoms with Gasteiger partial charge in [-0.1, -0.05) is 21.5 Å². The van der Waals surface area contributed by atoms with E-state index in [9.17, 15) is 0 Å². The summed E-state index contributed by atoms with van der Waals surface area (Å²) in [6.45, 7) is 6.02. The molecule has 52 valence electrons. The van der Waals surface area contributed by atoms with E-state index in [2.05, 4.69) is 29.4 Å². The molecule has 1 aliphatic rings. The molecular formula is C8H13Br. The summed E-state index contributed by atoms with van der Waals surface area (Å²) in [6.07, 6.45) is 4.01. The van der Waals surface area contributed by atoms with Crippen molar-refractivity contribution in [3.63, 3.8) is 0 Å². The highest BCUT2D eigenvalue weighted by atomic mass is 79.9. The Balaban J connectivity index is 2.33. The molecule has 1 saturated carbocycles. The van der Waals surface area contributed by atoms with Gasteiger partial charge in [-0.15, -0.1) is 6.58 Å². The third-order valence-electron chi connectivity index (χ3n) is 1.92. The Bertz CT molecular complexity index is 123. The van der Waals surface area contributed by atoms with Crippen LogP contribution in [0.25, 0.3) is 0 Å². The quantitative estimate of drug-likeness (QED) is 0.472. The minimum Gasteiger partial charge on any atom is -0.100 e. The molecule has 0 atom stereocenters. The molecule has 9 heavy (non-hydrogen) atoms. The second kappa shape index (κ2) is 2.45. The molecule has 0 amide bonds. The lowest BCUT2D eigenvalue weighted by Gasteiger charge is -2.09. The Morgan fingerprint density at radius 3 is 2.33 bits per heavy atom. The molecule has 1 fully saturated rings. The lowest BCUT2D eigenvalue weighted by molar-refractivity contribution is 0.584. The zero-order valence-corrected chi connectivity index (χ0v) is 7.50. The largest absolute Gasteiger partial charge is 0.100 e. The van der Waals surface area contributed by atoms with E-state index >= 15 is 0 Å². The number of hydrogen-bond acceptors (Lipinski definition) is 0. The van der Waals surface area contributed by atoms with Gasteiger partial charge < -0.3 is 0 Å². The van der Waals surface area contributed by atoms with E-state index < -0.39 is 0 Å². The monoisotopic (exact) mass is 188 g/mol. The summed E-state index contributed by atoms with van der Waals surface area (Å²) in [4.78, 5) is 0. The maximum absolute atomic E-state index is 3.91. The Morgan fingerprint density at radius 2 is 2.22 bits per heavy atom. The fourth-order valence-electron chi connectivity index (χ4n) is 1.17. The number of hydrogen-bond donors (Lipinski definition) is 0. The van der Waals surface area contributed by atoms with Crippen molar-refractivity contribution in [1.29, 1.82) is 0 Å². The van der Waals surface area contributed by atoms with Crippen molar-refractivity contribution in [1.82, 2.24) is 0 Å². The Hall–Kier alpha value is 0.220. The SMILES string of the molecule is C=C(C)CC1(CBr)CC1. The molecule has 1 aliphatic carbocycles. The van der Waals surface area contributed by atoms with Crippen LogP contribution in [0, 0.1) is 5.41 Å². The van der Waals surface area contributed by atoms with Crippen molar-refractivity contribution in [3.05, 3.63) is 12.2 Å². The van der Waals surface area contributed by atoms with Crippen LogP contribution in [-0.4, -0.2) is 5.33 Å². The summed E-state index contributed by atoms with van der Waals surface area (Å²) in [5.74, 6) is 0. The van der Waals surface area contributed by atoms with Crippen LogP contribution in [0.3, 0.4) is 0 Å². The Morgan fingerprint density at radius 1 is 1.67 bits per heavy atom. The first-order valence-electron chi connectivity index (χ1n) is 3.39. The smallest absolute Gasteiger partial charge is 0.00910 e. The van der Waals surface area contributed by atoms with Crippen LogP contribution in [0.1, 0.15) is 26.2 Å². The van der Waals surface area contributed by atoms with Crippen LogP contribution in [0.4, 0.5) is 0 Å². The van der Waals surface area contributed by atoms with Gasteiger partial charge in [0.25, 0.3) is 0 Å². The summed E-state index contributed by atoms with van der Waals surface area (Å²) in [6, 6.07) is 0. The van der Waals surface area contributed by atoms with Crippen molar-refractivity contribution >= 4 is 15.9 Å². The minimum atomic E-state index is 0.631. The predicted octanol–water partition coefficient (Wildman–Crippen LogP) is 3.13. The van der Waals surface area contributed by atoms with Crippen molar-refractivity contribution in [3.8, 4) is 0 Å². The number of rotatable bonds is 3. The molecule has 0 spiro atoms. The first-order chi connectivity index (χ1) is 4.18. The summed E-state index contributed by atoms with van der Waals surface area (Å²) < 4.78 is 0. The van der Waals surface area contributed by atoms with E-state index in [-0.39, 0.29) is 0 Å². The van der Waals surface area contributed by atoms with Gasteiger partial charge in [0.05, 0.1) is 0 Å². The molecule has 0 N–H and O–H groups in total. The molecule has 0 aromatic carbocycles. The predicted molar refractivity (Wildman–Crippen MR) is 44.9 cm³/mol. The molecule has 0 aromatic rings. The van der Waals surface area contributed by atoms with Gasteiger partial charge >= 0.3 is 0 Å². The maximum Gasteiger partial charge on any atom is 0.00910 e. The molecular weight excluding hydrogens is 176 g/mol. The van der Waals surface area contributed by atoms with E-state index in [1.54, 1.807) is 0 Å². The van der Waals surface area contributed by atoms with Gasteiger partial charge in [0.15, 0.2) is 0 Å². The van der Waals surface area contributed by atoms with Gasteiger partial charge in [-0.3, -0.25) is 0 Å². The molecule has 0 saturated heterocycles. The summed E-state index contributed by atoms with van der Waals surface area (Å²) in [7, 11) is 0. The van der Waals surface area contributed by atoms with Gasteiger partial charge in [-0.2, -0.15) is 0 Å². The topological polar surface area (TPSA) is 0 Å². The first kappa shape index (κ1) is 7.33. The van der Waals surface area contributed by atoms with E-state index in [4.69, 9.17) is 0 Å². The molecule has 1 rings (SSSR count). The lowest BCUT2D eigenvalue weighted by atomic mass is 10.0. The highest BCUT2D eigenvalue weighted by Gasteiger charge is 2.40. The summed E-state index contributed by atoms with van der Waals surface area (Å²) >= 11 is 3.52.